The van der Waals surface area contributed by atoms with Gasteiger partial charge in [-0.1, -0.05) is 12.1 Å². The smallest absolute Gasteiger partial charge is 0.313 e. The maximum absolute atomic E-state index is 12.0. The van der Waals surface area contributed by atoms with Crippen LogP contribution in [0, 0.1) is 0 Å². The van der Waals surface area contributed by atoms with Gasteiger partial charge in [0.2, 0.25) is 0 Å². The van der Waals surface area contributed by atoms with E-state index in [2.05, 4.69) is 10.6 Å². The van der Waals surface area contributed by atoms with E-state index in [9.17, 15) is 9.59 Å². The molecule has 2 aromatic carbocycles. The lowest BCUT2D eigenvalue weighted by atomic mass is 10.1. The van der Waals surface area contributed by atoms with Crippen LogP contribution in [0.4, 0.5) is 5.69 Å². The van der Waals surface area contributed by atoms with Crippen molar-refractivity contribution in [3.8, 4) is 11.5 Å². The van der Waals surface area contributed by atoms with E-state index < -0.39 is 11.8 Å². The number of anilines is 1. The monoisotopic (exact) mass is 402 g/mol. The van der Waals surface area contributed by atoms with E-state index >= 15 is 0 Å². The molecule has 0 saturated carbocycles. The molecule has 0 aliphatic heterocycles. The third-order valence-electron chi connectivity index (χ3n) is 3.84. The van der Waals surface area contributed by atoms with E-state index in [1.165, 1.54) is 0 Å². The SMILES string of the molecule is CCOc1ccc(CCNC(=O)C(=O)Nc2cccc(SC)c2)cc1OCC. The molecular weight excluding hydrogens is 376 g/mol. The number of benzene rings is 2. The fourth-order valence-electron chi connectivity index (χ4n) is 2.54. The number of thioether (sulfide) groups is 1. The van der Waals surface area contributed by atoms with Crippen LogP contribution in [0.3, 0.4) is 0 Å². The maximum atomic E-state index is 12.0. The van der Waals surface area contributed by atoms with Crippen molar-refractivity contribution >= 4 is 29.3 Å². The minimum Gasteiger partial charge on any atom is -0.490 e. The second-order valence-electron chi connectivity index (χ2n) is 5.84. The summed E-state index contributed by atoms with van der Waals surface area (Å²) in [4.78, 5) is 25.1. The summed E-state index contributed by atoms with van der Waals surface area (Å²) in [5.74, 6) is 0.0362. The lowest BCUT2D eigenvalue weighted by Crippen LogP contribution is -2.36. The van der Waals surface area contributed by atoms with Crippen molar-refractivity contribution in [2.24, 2.45) is 0 Å². The highest BCUT2D eigenvalue weighted by molar-refractivity contribution is 7.98. The second kappa shape index (κ2) is 11.2. The number of rotatable bonds is 9. The molecule has 0 aliphatic rings. The summed E-state index contributed by atoms with van der Waals surface area (Å²) in [6.45, 7) is 5.27. The zero-order valence-corrected chi connectivity index (χ0v) is 17.2. The molecule has 2 rings (SSSR count). The van der Waals surface area contributed by atoms with E-state index in [4.69, 9.17) is 9.47 Å². The predicted octanol–water partition coefficient (Wildman–Crippen LogP) is 3.50. The Hall–Kier alpha value is -2.67. The fraction of sp³-hybridized carbons (Fsp3) is 0.333. The minimum atomic E-state index is -0.681. The summed E-state index contributed by atoms with van der Waals surface area (Å²) >= 11 is 1.57. The van der Waals surface area contributed by atoms with Crippen molar-refractivity contribution in [2.45, 2.75) is 25.2 Å². The lowest BCUT2D eigenvalue weighted by molar-refractivity contribution is -0.136. The molecule has 0 saturated heterocycles. The molecule has 2 N–H and O–H groups in total. The van der Waals surface area contributed by atoms with Gasteiger partial charge in [-0.2, -0.15) is 0 Å². The quantitative estimate of drug-likeness (QED) is 0.496. The first kappa shape index (κ1) is 21.6. The summed E-state index contributed by atoms with van der Waals surface area (Å²) in [6.07, 6.45) is 2.53. The Bertz CT molecular complexity index is 811. The van der Waals surface area contributed by atoms with Crippen molar-refractivity contribution in [3.05, 3.63) is 48.0 Å². The Balaban J connectivity index is 1.87. The molecule has 7 heteroatoms. The van der Waals surface area contributed by atoms with Crippen LogP contribution in [0.25, 0.3) is 0 Å². The van der Waals surface area contributed by atoms with Crippen LogP contribution in [0.5, 0.6) is 11.5 Å². The predicted molar refractivity (Wildman–Crippen MR) is 112 cm³/mol. The summed E-state index contributed by atoms with van der Waals surface area (Å²) in [6, 6.07) is 13.0. The Morgan fingerprint density at radius 2 is 1.71 bits per heavy atom. The van der Waals surface area contributed by atoms with Crippen LogP contribution in [-0.4, -0.2) is 37.8 Å². The zero-order chi connectivity index (χ0) is 20.4. The third kappa shape index (κ3) is 6.49. The van der Waals surface area contributed by atoms with Gasteiger partial charge in [0.15, 0.2) is 11.5 Å². The van der Waals surface area contributed by atoms with E-state index in [-0.39, 0.29) is 0 Å². The number of amides is 2. The van der Waals surface area contributed by atoms with Gasteiger partial charge in [-0.3, -0.25) is 9.59 Å². The second-order valence-corrected chi connectivity index (χ2v) is 6.72. The van der Waals surface area contributed by atoms with Gasteiger partial charge in [0.1, 0.15) is 0 Å². The average molecular weight is 403 g/mol. The van der Waals surface area contributed by atoms with Gasteiger partial charge in [0.05, 0.1) is 13.2 Å². The van der Waals surface area contributed by atoms with Crippen LogP contribution >= 0.6 is 11.8 Å². The van der Waals surface area contributed by atoms with E-state index in [0.717, 1.165) is 10.5 Å². The Morgan fingerprint density at radius 1 is 0.964 bits per heavy atom. The summed E-state index contributed by atoms with van der Waals surface area (Å²) in [5.41, 5.74) is 1.58. The van der Waals surface area contributed by atoms with Crippen molar-refractivity contribution in [1.29, 1.82) is 0 Å². The molecule has 0 bridgehead atoms. The van der Waals surface area contributed by atoms with Crippen molar-refractivity contribution in [3.63, 3.8) is 0 Å². The molecule has 0 heterocycles. The zero-order valence-electron chi connectivity index (χ0n) is 16.4. The molecule has 0 atom stereocenters. The highest BCUT2D eigenvalue weighted by atomic mass is 32.2. The molecule has 150 valence electrons. The van der Waals surface area contributed by atoms with Gasteiger partial charge in [0.25, 0.3) is 0 Å². The normalized spacial score (nSPS) is 10.2. The van der Waals surface area contributed by atoms with Crippen molar-refractivity contribution in [2.75, 3.05) is 31.3 Å². The topological polar surface area (TPSA) is 76.7 Å². The molecule has 2 amide bonds. The molecular formula is C21H26N2O4S. The number of hydrogen-bond acceptors (Lipinski definition) is 5. The summed E-state index contributed by atoms with van der Waals surface area (Å²) in [5, 5.41) is 5.25. The van der Waals surface area contributed by atoms with E-state index in [1.807, 2.05) is 56.5 Å². The van der Waals surface area contributed by atoms with Gasteiger partial charge >= 0.3 is 11.8 Å². The molecule has 0 aromatic heterocycles. The first-order chi connectivity index (χ1) is 13.6. The van der Waals surface area contributed by atoms with Crippen LogP contribution < -0.4 is 20.1 Å². The number of ether oxygens (including phenoxy) is 2. The minimum absolute atomic E-state index is 0.344. The van der Waals surface area contributed by atoms with Crippen molar-refractivity contribution in [1.82, 2.24) is 5.32 Å². The Morgan fingerprint density at radius 3 is 2.43 bits per heavy atom. The lowest BCUT2D eigenvalue weighted by Gasteiger charge is -2.12. The number of carbonyl (C=O) groups is 2. The fourth-order valence-corrected chi connectivity index (χ4v) is 3.00. The van der Waals surface area contributed by atoms with E-state index in [0.29, 0.717) is 43.4 Å². The first-order valence-corrected chi connectivity index (χ1v) is 10.4. The maximum Gasteiger partial charge on any atom is 0.313 e. The van der Waals surface area contributed by atoms with Gasteiger partial charge in [-0.15, -0.1) is 11.8 Å². The molecule has 0 radical (unpaired) electrons. The highest BCUT2D eigenvalue weighted by Crippen LogP contribution is 2.28. The third-order valence-corrected chi connectivity index (χ3v) is 4.57. The van der Waals surface area contributed by atoms with Gasteiger partial charge < -0.3 is 20.1 Å². The largest absolute Gasteiger partial charge is 0.490 e. The Kier molecular flexibility index (Phi) is 8.68. The summed E-state index contributed by atoms with van der Waals surface area (Å²) < 4.78 is 11.1. The van der Waals surface area contributed by atoms with Crippen LogP contribution in [-0.2, 0) is 16.0 Å². The van der Waals surface area contributed by atoms with Gasteiger partial charge in [-0.25, -0.2) is 0 Å². The van der Waals surface area contributed by atoms with Gasteiger partial charge in [0, 0.05) is 17.1 Å². The van der Waals surface area contributed by atoms with Crippen LogP contribution in [0.15, 0.2) is 47.4 Å². The molecule has 6 nitrogen and oxygen atoms in total. The number of hydrogen-bond donors (Lipinski definition) is 2. The molecule has 28 heavy (non-hydrogen) atoms. The first-order valence-electron chi connectivity index (χ1n) is 9.19. The average Bonchev–Trinajstić information content (AvgIpc) is 2.70. The Labute approximate surface area is 170 Å². The highest BCUT2D eigenvalue weighted by Gasteiger charge is 2.13. The van der Waals surface area contributed by atoms with E-state index in [1.54, 1.807) is 17.8 Å². The van der Waals surface area contributed by atoms with Crippen LogP contribution in [0.2, 0.25) is 0 Å². The molecule has 2 aromatic rings. The standard InChI is InChI=1S/C21H26N2O4S/c1-4-26-18-10-9-15(13-19(18)27-5-2)11-12-22-20(24)21(25)23-16-7-6-8-17(14-16)28-3/h6-10,13-14H,4-5,11-12H2,1-3H3,(H,22,24)(H,23,25). The number of carbonyl (C=O) groups excluding carboxylic acids is 2. The molecule has 0 fully saturated rings. The molecule has 0 unspecified atom stereocenters. The van der Waals surface area contributed by atoms with Gasteiger partial charge in [-0.05, 0) is 62.4 Å². The van der Waals surface area contributed by atoms with Crippen molar-refractivity contribution < 1.29 is 19.1 Å². The number of nitrogens with one attached hydrogen (secondary N) is 2. The molecule has 0 aliphatic carbocycles. The molecule has 0 spiro atoms. The summed E-state index contributed by atoms with van der Waals surface area (Å²) in [7, 11) is 0. The van der Waals surface area contributed by atoms with Crippen LogP contribution in [0.1, 0.15) is 19.4 Å².